The van der Waals surface area contributed by atoms with Gasteiger partial charge >= 0.3 is 5.97 Å². The van der Waals surface area contributed by atoms with Gasteiger partial charge in [0, 0.05) is 12.1 Å². The third kappa shape index (κ3) is 3.61. The predicted molar refractivity (Wildman–Crippen MR) is 74.1 cm³/mol. The average molecular weight is 275 g/mol. The second kappa shape index (κ2) is 6.77. The third-order valence-electron chi connectivity index (χ3n) is 3.01. The van der Waals surface area contributed by atoms with Crippen molar-refractivity contribution in [3.05, 3.63) is 53.5 Å². The van der Waals surface area contributed by atoms with Gasteiger partial charge in [0.2, 0.25) is 5.76 Å². The molecule has 1 aromatic carbocycles. The smallest absolute Gasteiger partial charge is 0.372 e. The minimum atomic E-state index is -1.04. The molecule has 2 aromatic rings. The highest BCUT2D eigenvalue weighted by atomic mass is 16.5. The molecular weight excluding hydrogens is 258 g/mol. The molecule has 5 nitrogen and oxygen atoms in total. The molecule has 0 unspecified atom stereocenters. The van der Waals surface area contributed by atoms with Crippen LogP contribution in [0.1, 0.15) is 21.7 Å². The van der Waals surface area contributed by atoms with Gasteiger partial charge in [-0.15, -0.1) is 0 Å². The van der Waals surface area contributed by atoms with Gasteiger partial charge in [-0.25, -0.2) is 4.79 Å². The van der Waals surface area contributed by atoms with Crippen LogP contribution in [-0.4, -0.2) is 24.7 Å². The van der Waals surface area contributed by atoms with Gasteiger partial charge in [-0.2, -0.15) is 0 Å². The molecule has 2 N–H and O–H groups in total. The molecule has 5 heteroatoms. The summed E-state index contributed by atoms with van der Waals surface area (Å²) in [6, 6.07) is 9.55. The highest BCUT2D eigenvalue weighted by Crippen LogP contribution is 2.12. The van der Waals surface area contributed by atoms with E-state index in [-0.39, 0.29) is 5.76 Å². The van der Waals surface area contributed by atoms with Crippen molar-refractivity contribution in [2.45, 2.75) is 13.0 Å². The van der Waals surface area contributed by atoms with Crippen molar-refractivity contribution >= 4 is 5.97 Å². The topological polar surface area (TPSA) is 71.7 Å². The van der Waals surface area contributed by atoms with Gasteiger partial charge in [0.05, 0.1) is 13.4 Å². The lowest BCUT2D eigenvalue weighted by Gasteiger charge is -2.05. The first kappa shape index (κ1) is 14.1. The van der Waals surface area contributed by atoms with Gasteiger partial charge in [0.25, 0.3) is 0 Å². The van der Waals surface area contributed by atoms with Crippen LogP contribution in [-0.2, 0) is 13.0 Å². The summed E-state index contributed by atoms with van der Waals surface area (Å²) >= 11 is 0. The summed E-state index contributed by atoms with van der Waals surface area (Å²) in [7, 11) is 1.64. The summed E-state index contributed by atoms with van der Waals surface area (Å²) in [5.41, 5.74) is 1.86. The van der Waals surface area contributed by atoms with Crippen molar-refractivity contribution in [2.24, 2.45) is 0 Å². The summed E-state index contributed by atoms with van der Waals surface area (Å²) in [6.45, 7) is 1.24. The molecule has 0 amide bonds. The molecule has 0 saturated carbocycles. The number of carboxylic acid groups (broad SMARTS) is 1. The highest BCUT2D eigenvalue weighted by Gasteiger charge is 2.12. The predicted octanol–water partition coefficient (Wildman–Crippen LogP) is 2.32. The summed E-state index contributed by atoms with van der Waals surface area (Å²) in [5, 5.41) is 12.1. The molecule has 1 aromatic heterocycles. The number of nitrogens with one attached hydrogen (secondary N) is 1. The van der Waals surface area contributed by atoms with Crippen LogP contribution in [0.15, 0.2) is 41.0 Å². The van der Waals surface area contributed by atoms with Crippen LogP contribution in [0.5, 0.6) is 5.75 Å². The van der Waals surface area contributed by atoms with E-state index in [4.69, 9.17) is 14.3 Å². The number of furan rings is 1. The lowest BCUT2D eigenvalue weighted by atomic mass is 10.1. The normalized spacial score (nSPS) is 10.4. The lowest BCUT2D eigenvalue weighted by Crippen LogP contribution is -2.17. The number of carboxylic acids is 1. The van der Waals surface area contributed by atoms with Crippen LogP contribution in [0, 0.1) is 0 Å². The van der Waals surface area contributed by atoms with E-state index in [0.29, 0.717) is 12.1 Å². The van der Waals surface area contributed by atoms with E-state index < -0.39 is 5.97 Å². The molecule has 0 bridgehead atoms. The van der Waals surface area contributed by atoms with Crippen LogP contribution in [0.25, 0.3) is 0 Å². The zero-order valence-corrected chi connectivity index (χ0v) is 11.3. The number of methoxy groups -OCH3 is 1. The Hall–Kier alpha value is -2.27. The largest absolute Gasteiger partial charge is 0.497 e. The quantitative estimate of drug-likeness (QED) is 0.759. The number of carbonyl (C=O) groups is 1. The monoisotopic (exact) mass is 275 g/mol. The van der Waals surface area contributed by atoms with Crippen molar-refractivity contribution in [3.63, 3.8) is 0 Å². The highest BCUT2D eigenvalue weighted by molar-refractivity contribution is 5.86. The van der Waals surface area contributed by atoms with E-state index in [9.17, 15) is 4.79 Å². The van der Waals surface area contributed by atoms with E-state index in [1.165, 1.54) is 11.8 Å². The van der Waals surface area contributed by atoms with Gasteiger partial charge in [0.15, 0.2) is 0 Å². The minimum Gasteiger partial charge on any atom is -0.497 e. The van der Waals surface area contributed by atoms with E-state index in [1.54, 1.807) is 13.2 Å². The number of ether oxygens (including phenoxy) is 1. The first-order valence-electron chi connectivity index (χ1n) is 6.34. The summed E-state index contributed by atoms with van der Waals surface area (Å²) < 4.78 is 10.0. The number of aromatic carboxylic acids is 1. The standard InChI is InChI=1S/C15H17NO4/c1-19-13-4-2-11(3-5-13)6-8-16-10-12-7-9-20-14(12)15(17)18/h2-5,7,9,16H,6,8,10H2,1H3,(H,17,18). The molecule has 2 rings (SSSR count). The summed E-state index contributed by atoms with van der Waals surface area (Å²) in [5.74, 6) is -0.199. The van der Waals surface area contributed by atoms with Crippen molar-refractivity contribution in [1.82, 2.24) is 5.32 Å². The van der Waals surface area contributed by atoms with E-state index >= 15 is 0 Å². The number of benzene rings is 1. The number of rotatable bonds is 7. The SMILES string of the molecule is COc1ccc(CCNCc2ccoc2C(=O)O)cc1. The third-order valence-corrected chi connectivity index (χ3v) is 3.01. The molecule has 1 heterocycles. The Balaban J connectivity index is 1.78. The second-order valence-corrected chi connectivity index (χ2v) is 4.35. The Kier molecular flexibility index (Phi) is 4.79. The fourth-order valence-corrected chi connectivity index (χ4v) is 1.91. The molecule has 0 aliphatic rings. The van der Waals surface area contributed by atoms with Crippen LogP contribution < -0.4 is 10.1 Å². The van der Waals surface area contributed by atoms with Crippen LogP contribution >= 0.6 is 0 Å². The molecule has 20 heavy (non-hydrogen) atoms. The van der Waals surface area contributed by atoms with Gasteiger partial charge in [-0.3, -0.25) is 0 Å². The van der Waals surface area contributed by atoms with Crippen LogP contribution in [0.2, 0.25) is 0 Å². The molecule has 0 spiro atoms. The van der Waals surface area contributed by atoms with E-state index in [2.05, 4.69) is 5.32 Å². The molecule has 0 radical (unpaired) electrons. The van der Waals surface area contributed by atoms with E-state index in [1.807, 2.05) is 24.3 Å². The molecule has 0 aliphatic carbocycles. The summed E-state index contributed by atoms with van der Waals surface area (Å²) in [6.07, 6.45) is 2.26. The lowest BCUT2D eigenvalue weighted by molar-refractivity contribution is 0.0660. The van der Waals surface area contributed by atoms with Gasteiger partial charge in [-0.05, 0) is 36.7 Å². The Morgan fingerprint density at radius 3 is 2.70 bits per heavy atom. The molecule has 0 aliphatic heterocycles. The van der Waals surface area contributed by atoms with Crippen molar-refractivity contribution < 1.29 is 19.1 Å². The zero-order chi connectivity index (χ0) is 14.4. The second-order valence-electron chi connectivity index (χ2n) is 4.35. The Bertz CT molecular complexity index is 560. The Morgan fingerprint density at radius 1 is 1.30 bits per heavy atom. The molecule has 0 saturated heterocycles. The Labute approximate surface area is 117 Å². The molecule has 0 atom stereocenters. The average Bonchev–Trinajstić information content (AvgIpc) is 2.93. The number of hydrogen-bond acceptors (Lipinski definition) is 4. The molecule has 106 valence electrons. The number of hydrogen-bond donors (Lipinski definition) is 2. The maximum atomic E-state index is 10.9. The van der Waals surface area contributed by atoms with Gasteiger partial charge in [-0.1, -0.05) is 12.1 Å². The van der Waals surface area contributed by atoms with Gasteiger partial charge < -0.3 is 19.6 Å². The van der Waals surface area contributed by atoms with Crippen molar-refractivity contribution in [1.29, 1.82) is 0 Å². The Morgan fingerprint density at radius 2 is 2.05 bits per heavy atom. The fourth-order valence-electron chi connectivity index (χ4n) is 1.91. The summed E-state index contributed by atoms with van der Waals surface area (Å²) in [4.78, 5) is 10.9. The minimum absolute atomic E-state index is 0.00180. The molecular formula is C15H17NO4. The van der Waals surface area contributed by atoms with Crippen molar-refractivity contribution in [2.75, 3.05) is 13.7 Å². The maximum Gasteiger partial charge on any atom is 0.372 e. The molecule has 0 fully saturated rings. The van der Waals surface area contributed by atoms with Crippen molar-refractivity contribution in [3.8, 4) is 5.75 Å². The van der Waals surface area contributed by atoms with Crippen LogP contribution in [0.4, 0.5) is 0 Å². The van der Waals surface area contributed by atoms with Crippen LogP contribution in [0.3, 0.4) is 0 Å². The zero-order valence-electron chi connectivity index (χ0n) is 11.3. The van der Waals surface area contributed by atoms with E-state index in [0.717, 1.165) is 18.7 Å². The first-order chi connectivity index (χ1) is 9.70. The maximum absolute atomic E-state index is 10.9. The fraction of sp³-hybridized carbons (Fsp3) is 0.267. The van der Waals surface area contributed by atoms with Gasteiger partial charge in [0.1, 0.15) is 5.75 Å². The first-order valence-corrected chi connectivity index (χ1v) is 6.34.